The third-order valence-corrected chi connectivity index (χ3v) is 4.67. The maximum atomic E-state index is 12.7. The lowest BCUT2D eigenvalue weighted by Gasteiger charge is -2.34. The molecule has 4 nitrogen and oxygen atoms in total. The molecule has 1 N–H and O–H groups in total. The lowest BCUT2D eigenvalue weighted by molar-refractivity contribution is 0.0503. The number of aliphatic hydroxyl groups is 1. The van der Waals surface area contributed by atoms with Gasteiger partial charge in [0.05, 0.1) is 19.8 Å². The molecular formula is C22H23NO3. The number of aliphatic hydroxyl groups excluding tert-OH is 1. The molecule has 0 saturated carbocycles. The fourth-order valence-corrected chi connectivity index (χ4v) is 3.14. The standard InChI is InChI=1S/C22H23NO3/c1-26-21-13-9-18(10-14-21)6-5-17-7-11-19(12-8-17)22(25)23-15-3-2-4-20(23)16-24/h7-14,20,24H,2-4,15-16H2,1H3. The number of nitrogens with zero attached hydrogens (tertiary/aromatic N) is 1. The number of rotatable bonds is 3. The minimum Gasteiger partial charge on any atom is -0.497 e. The highest BCUT2D eigenvalue weighted by molar-refractivity contribution is 5.94. The number of amides is 1. The molecule has 2 aromatic rings. The number of carbonyl (C=O) groups excluding carboxylic acids is 1. The number of likely N-dealkylation sites (tertiary alicyclic amines) is 1. The van der Waals surface area contributed by atoms with Crippen LogP contribution in [-0.2, 0) is 0 Å². The molecule has 3 rings (SSSR count). The maximum Gasteiger partial charge on any atom is 0.254 e. The first-order valence-electron chi connectivity index (χ1n) is 8.89. The van der Waals surface area contributed by atoms with Gasteiger partial charge in [-0.15, -0.1) is 0 Å². The second-order valence-electron chi connectivity index (χ2n) is 6.39. The van der Waals surface area contributed by atoms with Crippen molar-refractivity contribution in [2.45, 2.75) is 25.3 Å². The van der Waals surface area contributed by atoms with E-state index >= 15 is 0 Å². The highest BCUT2D eigenvalue weighted by atomic mass is 16.5. The third-order valence-electron chi connectivity index (χ3n) is 4.67. The summed E-state index contributed by atoms with van der Waals surface area (Å²) in [6.45, 7) is 0.736. The molecule has 1 amide bonds. The van der Waals surface area contributed by atoms with Crippen molar-refractivity contribution in [3.63, 3.8) is 0 Å². The van der Waals surface area contributed by atoms with E-state index in [9.17, 15) is 9.90 Å². The van der Waals surface area contributed by atoms with Crippen LogP contribution in [0, 0.1) is 11.8 Å². The lowest BCUT2D eigenvalue weighted by Crippen LogP contribution is -2.45. The van der Waals surface area contributed by atoms with Crippen LogP contribution in [0.5, 0.6) is 5.75 Å². The highest BCUT2D eigenvalue weighted by Crippen LogP contribution is 2.19. The minimum absolute atomic E-state index is 0.0154. The predicted molar refractivity (Wildman–Crippen MR) is 101 cm³/mol. The van der Waals surface area contributed by atoms with Crippen LogP contribution in [-0.4, -0.2) is 42.2 Å². The summed E-state index contributed by atoms with van der Waals surface area (Å²) in [5, 5.41) is 9.49. The summed E-state index contributed by atoms with van der Waals surface area (Å²) in [4.78, 5) is 14.5. The van der Waals surface area contributed by atoms with E-state index in [0.717, 1.165) is 36.1 Å². The van der Waals surface area contributed by atoms with E-state index in [-0.39, 0.29) is 18.6 Å². The van der Waals surface area contributed by atoms with Gasteiger partial charge >= 0.3 is 0 Å². The Morgan fingerprint density at radius 2 is 1.69 bits per heavy atom. The van der Waals surface area contributed by atoms with Gasteiger partial charge in [-0.25, -0.2) is 0 Å². The zero-order chi connectivity index (χ0) is 18.4. The second kappa shape index (κ2) is 8.55. The zero-order valence-corrected chi connectivity index (χ0v) is 14.9. The number of methoxy groups -OCH3 is 1. The Morgan fingerprint density at radius 1 is 1.08 bits per heavy atom. The molecule has 1 atom stereocenters. The van der Waals surface area contributed by atoms with Crippen molar-refractivity contribution in [1.29, 1.82) is 0 Å². The van der Waals surface area contributed by atoms with Gasteiger partial charge < -0.3 is 14.7 Å². The van der Waals surface area contributed by atoms with Crippen LogP contribution in [0.25, 0.3) is 0 Å². The Kier molecular flexibility index (Phi) is 5.93. The molecule has 1 fully saturated rings. The van der Waals surface area contributed by atoms with E-state index in [4.69, 9.17) is 4.74 Å². The summed E-state index contributed by atoms with van der Waals surface area (Å²) < 4.78 is 5.13. The number of hydrogen-bond acceptors (Lipinski definition) is 3. The Hall–Kier alpha value is -2.77. The molecule has 1 aliphatic heterocycles. The normalized spacial score (nSPS) is 16.5. The maximum absolute atomic E-state index is 12.7. The van der Waals surface area contributed by atoms with Crippen molar-refractivity contribution in [1.82, 2.24) is 4.90 Å². The Labute approximate surface area is 154 Å². The van der Waals surface area contributed by atoms with Crippen molar-refractivity contribution in [3.05, 3.63) is 65.2 Å². The van der Waals surface area contributed by atoms with E-state index < -0.39 is 0 Å². The first kappa shape index (κ1) is 18.0. The summed E-state index contributed by atoms with van der Waals surface area (Å²) >= 11 is 0. The molecule has 134 valence electrons. The lowest BCUT2D eigenvalue weighted by atomic mass is 10.0. The molecule has 0 aliphatic carbocycles. The fourth-order valence-electron chi connectivity index (χ4n) is 3.14. The Balaban J connectivity index is 1.70. The zero-order valence-electron chi connectivity index (χ0n) is 14.9. The van der Waals surface area contributed by atoms with Gasteiger partial charge in [-0.3, -0.25) is 4.79 Å². The van der Waals surface area contributed by atoms with Gasteiger partial charge in [0.1, 0.15) is 5.75 Å². The average Bonchev–Trinajstić information content (AvgIpc) is 2.72. The quantitative estimate of drug-likeness (QED) is 0.867. The number of ether oxygens (including phenoxy) is 1. The highest BCUT2D eigenvalue weighted by Gasteiger charge is 2.26. The topological polar surface area (TPSA) is 49.8 Å². The minimum atomic E-state index is -0.0641. The molecule has 0 radical (unpaired) electrons. The Bertz CT molecular complexity index is 800. The van der Waals surface area contributed by atoms with Crippen molar-refractivity contribution >= 4 is 5.91 Å². The molecule has 1 aliphatic rings. The van der Waals surface area contributed by atoms with Gasteiger partial charge in [-0.05, 0) is 67.8 Å². The first-order chi connectivity index (χ1) is 12.7. The molecule has 0 bridgehead atoms. The Morgan fingerprint density at radius 3 is 2.27 bits per heavy atom. The largest absolute Gasteiger partial charge is 0.497 e. The van der Waals surface area contributed by atoms with Crippen LogP contribution in [0.15, 0.2) is 48.5 Å². The molecule has 26 heavy (non-hydrogen) atoms. The van der Waals surface area contributed by atoms with Gasteiger partial charge in [-0.1, -0.05) is 11.8 Å². The molecular weight excluding hydrogens is 326 g/mol. The predicted octanol–water partition coefficient (Wildman–Crippen LogP) is 3.08. The van der Waals surface area contributed by atoms with Crippen LogP contribution < -0.4 is 4.74 Å². The van der Waals surface area contributed by atoms with Crippen LogP contribution in [0.4, 0.5) is 0 Å². The van der Waals surface area contributed by atoms with Crippen LogP contribution in [0.2, 0.25) is 0 Å². The molecule has 4 heteroatoms. The van der Waals surface area contributed by atoms with Crippen LogP contribution >= 0.6 is 0 Å². The van der Waals surface area contributed by atoms with E-state index in [1.807, 2.05) is 48.5 Å². The smallest absolute Gasteiger partial charge is 0.254 e. The van der Waals surface area contributed by atoms with Crippen LogP contribution in [0.3, 0.4) is 0 Å². The molecule has 1 heterocycles. The van der Waals surface area contributed by atoms with Gasteiger partial charge in [0.2, 0.25) is 0 Å². The fraction of sp³-hybridized carbons (Fsp3) is 0.318. The van der Waals surface area contributed by atoms with Gasteiger partial charge in [0.25, 0.3) is 5.91 Å². The van der Waals surface area contributed by atoms with E-state index in [2.05, 4.69) is 11.8 Å². The number of hydrogen-bond donors (Lipinski definition) is 1. The second-order valence-corrected chi connectivity index (χ2v) is 6.39. The van der Waals surface area contributed by atoms with Crippen molar-refractivity contribution in [2.75, 3.05) is 20.3 Å². The van der Waals surface area contributed by atoms with Crippen molar-refractivity contribution in [2.24, 2.45) is 0 Å². The molecule has 1 saturated heterocycles. The third kappa shape index (κ3) is 4.25. The number of benzene rings is 2. The van der Waals surface area contributed by atoms with Crippen molar-refractivity contribution in [3.8, 4) is 17.6 Å². The first-order valence-corrected chi connectivity index (χ1v) is 8.89. The SMILES string of the molecule is COc1ccc(C#Cc2ccc(C(=O)N3CCCCC3CO)cc2)cc1. The molecule has 2 aromatic carbocycles. The van der Waals surface area contributed by atoms with E-state index in [1.54, 1.807) is 12.0 Å². The summed E-state index contributed by atoms with van der Waals surface area (Å²) in [5.41, 5.74) is 2.40. The molecule has 0 aromatic heterocycles. The average molecular weight is 349 g/mol. The van der Waals surface area contributed by atoms with Gasteiger partial charge in [0.15, 0.2) is 0 Å². The van der Waals surface area contributed by atoms with Crippen molar-refractivity contribution < 1.29 is 14.6 Å². The van der Waals surface area contributed by atoms with Crippen LogP contribution in [0.1, 0.15) is 40.7 Å². The van der Waals surface area contributed by atoms with Gasteiger partial charge in [0, 0.05) is 23.2 Å². The van der Waals surface area contributed by atoms with E-state index in [1.165, 1.54) is 0 Å². The summed E-state index contributed by atoms with van der Waals surface area (Å²) in [6.07, 6.45) is 2.93. The van der Waals surface area contributed by atoms with E-state index in [0.29, 0.717) is 12.1 Å². The molecule has 0 spiro atoms. The monoisotopic (exact) mass is 349 g/mol. The molecule has 1 unspecified atom stereocenters. The summed E-state index contributed by atoms with van der Waals surface area (Å²) in [6, 6.07) is 14.9. The number of piperidine rings is 1. The summed E-state index contributed by atoms with van der Waals surface area (Å²) in [5.74, 6) is 7.00. The van der Waals surface area contributed by atoms with Gasteiger partial charge in [-0.2, -0.15) is 0 Å². The summed E-state index contributed by atoms with van der Waals surface area (Å²) in [7, 11) is 1.64. The number of carbonyl (C=O) groups is 1.